The molecule has 2 fully saturated rings. The molecule has 0 atom stereocenters. The molecule has 1 aromatic rings. The molecule has 2 saturated heterocycles. The first-order valence-corrected chi connectivity index (χ1v) is 7.50. The van der Waals surface area contributed by atoms with Crippen LogP contribution in [0.4, 0.5) is 29.5 Å². The molecule has 3 rings (SSSR count). The fourth-order valence-corrected chi connectivity index (χ4v) is 2.74. The van der Waals surface area contributed by atoms with E-state index < -0.39 is 23.7 Å². The van der Waals surface area contributed by atoms with Gasteiger partial charge in [0.1, 0.15) is 11.4 Å². The third kappa shape index (κ3) is 3.28. The van der Waals surface area contributed by atoms with Crippen LogP contribution in [0.1, 0.15) is 12.0 Å². The van der Waals surface area contributed by atoms with Crippen LogP contribution in [0, 0.1) is 0 Å². The number of aromatic nitrogens is 1. The third-order valence-electron chi connectivity index (χ3n) is 3.94. The second kappa shape index (κ2) is 6.27. The maximum absolute atomic E-state index is 13.5. The van der Waals surface area contributed by atoms with Crippen molar-refractivity contribution in [3.05, 3.63) is 17.8 Å². The molecule has 0 saturated carbocycles. The van der Waals surface area contributed by atoms with Gasteiger partial charge in [-0.3, -0.25) is 15.0 Å². The number of piperazine rings is 1. The van der Waals surface area contributed by atoms with Gasteiger partial charge in [-0.15, -0.1) is 0 Å². The number of halogens is 3. The van der Waals surface area contributed by atoms with E-state index in [0.717, 1.165) is 11.0 Å². The van der Waals surface area contributed by atoms with E-state index in [1.165, 1.54) is 6.20 Å². The number of carbonyl (C=O) groups excluding carboxylic acids is 2. The molecule has 1 aromatic heterocycles. The molecule has 0 spiro atoms. The first-order chi connectivity index (χ1) is 11.4. The Morgan fingerprint density at radius 3 is 2.46 bits per heavy atom. The van der Waals surface area contributed by atoms with Crippen LogP contribution in [-0.2, 0) is 11.0 Å². The van der Waals surface area contributed by atoms with Crippen LogP contribution in [0.15, 0.2) is 12.3 Å². The molecule has 2 N–H and O–H groups in total. The minimum absolute atomic E-state index is 0.0196. The second-order valence-corrected chi connectivity index (χ2v) is 5.55. The Morgan fingerprint density at radius 1 is 1.12 bits per heavy atom. The summed E-state index contributed by atoms with van der Waals surface area (Å²) in [5, 5.41) is 5.16. The van der Waals surface area contributed by atoms with E-state index >= 15 is 0 Å². The Bertz CT molecular complexity index is 658. The molecule has 0 bridgehead atoms. The molecule has 7 nitrogen and oxygen atoms in total. The highest BCUT2D eigenvalue weighted by atomic mass is 19.4. The Labute approximate surface area is 135 Å². The normalized spacial score (nSPS) is 19.5. The first-order valence-electron chi connectivity index (χ1n) is 7.50. The Hall–Kier alpha value is -2.36. The summed E-state index contributed by atoms with van der Waals surface area (Å²) in [6.45, 7) is 2.04. The number of rotatable bonds is 2. The van der Waals surface area contributed by atoms with Gasteiger partial charge in [0.05, 0.1) is 11.9 Å². The molecule has 0 radical (unpaired) electrons. The zero-order valence-electron chi connectivity index (χ0n) is 12.7. The van der Waals surface area contributed by atoms with Gasteiger partial charge in [-0.1, -0.05) is 0 Å². The van der Waals surface area contributed by atoms with E-state index in [2.05, 4.69) is 15.6 Å². The van der Waals surface area contributed by atoms with Crippen molar-refractivity contribution in [3.63, 3.8) is 0 Å². The maximum Gasteiger partial charge on any atom is 0.420 e. The summed E-state index contributed by atoms with van der Waals surface area (Å²) in [6.07, 6.45) is -3.32. The molecule has 3 heterocycles. The fourth-order valence-electron chi connectivity index (χ4n) is 2.74. The van der Waals surface area contributed by atoms with Crippen LogP contribution in [0.5, 0.6) is 0 Å². The van der Waals surface area contributed by atoms with Crippen molar-refractivity contribution < 1.29 is 22.8 Å². The van der Waals surface area contributed by atoms with Crippen molar-refractivity contribution in [1.29, 1.82) is 0 Å². The number of nitrogens with zero attached hydrogens (tertiary/aromatic N) is 3. The van der Waals surface area contributed by atoms with Crippen molar-refractivity contribution >= 4 is 23.4 Å². The van der Waals surface area contributed by atoms with E-state index in [9.17, 15) is 22.8 Å². The van der Waals surface area contributed by atoms with Crippen LogP contribution < -0.4 is 20.4 Å². The van der Waals surface area contributed by atoms with Gasteiger partial charge in [0.25, 0.3) is 0 Å². The molecule has 0 aromatic carbocycles. The van der Waals surface area contributed by atoms with Gasteiger partial charge in [-0.2, -0.15) is 13.2 Å². The monoisotopic (exact) mass is 343 g/mol. The Morgan fingerprint density at radius 2 is 1.83 bits per heavy atom. The van der Waals surface area contributed by atoms with Crippen molar-refractivity contribution in [1.82, 2.24) is 15.6 Å². The molecule has 24 heavy (non-hydrogen) atoms. The smallest absolute Gasteiger partial charge is 0.354 e. The van der Waals surface area contributed by atoms with E-state index in [0.29, 0.717) is 26.2 Å². The number of imide groups is 1. The van der Waals surface area contributed by atoms with E-state index in [1.54, 1.807) is 4.90 Å². The number of anilines is 2. The molecule has 2 aliphatic heterocycles. The molecule has 10 heteroatoms. The number of amides is 3. The number of hydrogen-bond donors (Lipinski definition) is 2. The topological polar surface area (TPSA) is 77.6 Å². The average molecular weight is 343 g/mol. The summed E-state index contributed by atoms with van der Waals surface area (Å²) in [4.78, 5) is 29.6. The summed E-state index contributed by atoms with van der Waals surface area (Å²) in [6, 6.07) is 0.177. The number of hydrogen-bond acceptors (Lipinski definition) is 5. The molecular formula is C14H16F3N5O2. The maximum atomic E-state index is 13.5. The van der Waals surface area contributed by atoms with Crippen molar-refractivity contribution in [2.75, 3.05) is 42.5 Å². The molecular weight excluding hydrogens is 327 g/mol. The van der Waals surface area contributed by atoms with Gasteiger partial charge in [0.15, 0.2) is 0 Å². The lowest BCUT2D eigenvalue weighted by atomic mass is 10.1. The molecule has 130 valence electrons. The Kier molecular flexibility index (Phi) is 4.31. The lowest BCUT2D eigenvalue weighted by molar-refractivity contribution is -0.137. The summed E-state index contributed by atoms with van der Waals surface area (Å²) in [5.74, 6) is -0.584. The minimum atomic E-state index is -4.59. The SMILES string of the molecule is O=C1CCN(c2cnc(N3CCNCC3)c(C(F)(F)F)c2)C(=O)N1. The van der Waals surface area contributed by atoms with Gasteiger partial charge in [-0.25, -0.2) is 9.78 Å². The van der Waals surface area contributed by atoms with E-state index in [-0.39, 0.29) is 24.5 Å². The van der Waals surface area contributed by atoms with Crippen LogP contribution in [-0.4, -0.2) is 49.6 Å². The highest BCUT2D eigenvalue weighted by molar-refractivity contribution is 6.05. The number of carbonyl (C=O) groups is 2. The van der Waals surface area contributed by atoms with Gasteiger partial charge in [-0.05, 0) is 6.07 Å². The first kappa shape index (κ1) is 16.5. The van der Waals surface area contributed by atoms with E-state index in [4.69, 9.17) is 0 Å². The third-order valence-corrected chi connectivity index (χ3v) is 3.94. The molecule has 2 aliphatic rings. The summed E-state index contributed by atoms with van der Waals surface area (Å²) in [5.41, 5.74) is -0.863. The number of pyridine rings is 1. The van der Waals surface area contributed by atoms with Crippen LogP contribution in [0.25, 0.3) is 0 Å². The van der Waals surface area contributed by atoms with Crippen molar-refractivity contribution in [3.8, 4) is 0 Å². The zero-order valence-corrected chi connectivity index (χ0v) is 12.7. The van der Waals surface area contributed by atoms with E-state index in [1.807, 2.05) is 0 Å². The van der Waals surface area contributed by atoms with Crippen LogP contribution in [0.2, 0.25) is 0 Å². The van der Waals surface area contributed by atoms with Gasteiger partial charge >= 0.3 is 12.2 Å². The average Bonchev–Trinajstić information content (AvgIpc) is 2.54. The predicted molar refractivity (Wildman–Crippen MR) is 79.8 cm³/mol. The summed E-state index contributed by atoms with van der Waals surface area (Å²) >= 11 is 0. The van der Waals surface area contributed by atoms with Gasteiger partial charge in [0, 0.05) is 39.1 Å². The van der Waals surface area contributed by atoms with Gasteiger partial charge < -0.3 is 10.2 Å². The lowest BCUT2D eigenvalue weighted by Gasteiger charge is -2.32. The largest absolute Gasteiger partial charge is 0.420 e. The van der Waals surface area contributed by atoms with Gasteiger partial charge in [0.2, 0.25) is 5.91 Å². The second-order valence-electron chi connectivity index (χ2n) is 5.55. The molecule has 0 unspecified atom stereocenters. The summed E-state index contributed by atoms with van der Waals surface area (Å²) < 4.78 is 40.4. The Balaban J connectivity index is 1.95. The molecule has 0 aliphatic carbocycles. The van der Waals surface area contributed by atoms with Crippen molar-refractivity contribution in [2.24, 2.45) is 0 Å². The number of nitrogens with one attached hydrogen (secondary N) is 2. The lowest BCUT2D eigenvalue weighted by Crippen LogP contribution is -2.49. The number of urea groups is 1. The van der Waals surface area contributed by atoms with Crippen LogP contribution >= 0.6 is 0 Å². The standard InChI is InChI=1S/C14H16F3N5O2/c15-14(16,17)10-7-9(22-4-1-11(23)20-13(22)24)8-19-12(10)21-5-2-18-3-6-21/h7-8,18H,1-6H2,(H,20,23,24). The fraction of sp³-hybridized carbons (Fsp3) is 0.500. The highest BCUT2D eigenvalue weighted by Crippen LogP contribution is 2.37. The highest BCUT2D eigenvalue weighted by Gasteiger charge is 2.37. The predicted octanol–water partition coefficient (Wildman–Crippen LogP) is 0.956. The zero-order chi connectivity index (χ0) is 17.3. The number of alkyl halides is 3. The van der Waals surface area contributed by atoms with Crippen molar-refractivity contribution in [2.45, 2.75) is 12.6 Å². The minimum Gasteiger partial charge on any atom is -0.354 e. The quantitative estimate of drug-likeness (QED) is 0.836. The summed E-state index contributed by atoms with van der Waals surface area (Å²) in [7, 11) is 0. The molecule has 3 amide bonds. The van der Waals surface area contributed by atoms with Crippen LogP contribution in [0.3, 0.4) is 0 Å².